The lowest BCUT2D eigenvalue weighted by molar-refractivity contribution is -0.118. The molecular weight excluding hydrogens is 458 g/mol. The Morgan fingerprint density at radius 1 is 1.03 bits per heavy atom. The molecule has 1 heterocycles. The van der Waals surface area contributed by atoms with Crippen molar-refractivity contribution in [2.75, 3.05) is 36.4 Å². The highest BCUT2D eigenvalue weighted by molar-refractivity contribution is 7.94. The van der Waals surface area contributed by atoms with Gasteiger partial charge in [0.15, 0.2) is 6.61 Å². The SMILES string of the molecule is CCN(CC)Cc1cccc(NC(=O)COc2ccc(N(C)S(=O)(=O)c3cccs3)cc2)c1. The number of carbonyl (C=O) groups excluding carboxylic acids is 1. The molecule has 0 aliphatic heterocycles. The minimum atomic E-state index is -3.59. The number of ether oxygens (including phenoxy) is 1. The second-order valence-electron chi connectivity index (χ2n) is 7.40. The summed E-state index contributed by atoms with van der Waals surface area (Å²) in [4.78, 5) is 14.6. The third-order valence-electron chi connectivity index (χ3n) is 5.19. The number of carbonyl (C=O) groups is 1. The van der Waals surface area contributed by atoms with Gasteiger partial charge in [0, 0.05) is 19.3 Å². The minimum absolute atomic E-state index is 0.150. The maximum absolute atomic E-state index is 12.6. The number of hydrogen-bond acceptors (Lipinski definition) is 6. The van der Waals surface area contributed by atoms with Gasteiger partial charge in [0.05, 0.1) is 5.69 Å². The molecule has 0 bridgehead atoms. The first-order chi connectivity index (χ1) is 15.8. The Kier molecular flexibility index (Phi) is 8.49. The fourth-order valence-electron chi connectivity index (χ4n) is 3.24. The van der Waals surface area contributed by atoms with Crippen LogP contribution in [0.5, 0.6) is 5.75 Å². The zero-order valence-corrected chi connectivity index (χ0v) is 20.7. The van der Waals surface area contributed by atoms with Crippen LogP contribution >= 0.6 is 11.3 Å². The highest BCUT2D eigenvalue weighted by Crippen LogP contribution is 2.26. The van der Waals surface area contributed by atoms with Crippen LogP contribution < -0.4 is 14.4 Å². The first-order valence-electron chi connectivity index (χ1n) is 10.7. The third kappa shape index (κ3) is 6.56. The van der Waals surface area contributed by atoms with E-state index in [2.05, 4.69) is 24.1 Å². The van der Waals surface area contributed by atoms with Gasteiger partial charge in [-0.05, 0) is 66.5 Å². The van der Waals surface area contributed by atoms with Crippen LogP contribution in [0.4, 0.5) is 11.4 Å². The summed E-state index contributed by atoms with van der Waals surface area (Å²) in [7, 11) is -2.09. The van der Waals surface area contributed by atoms with E-state index in [4.69, 9.17) is 4.74 Å². The molecule has 0 saturated heterocycles. The molecule has 1 amide bonds. The van der Waals surface area contributed by atoms with E-state index >= 15 is 0 Å². The van der Waals surface area contributed by atoms with Crippen molar-refractivity contribution >= 4 is 38.6 Å². The van der Waals surface area contributed by atoms with E-state index in [-0.39, 0.29) is 16.7 Å². The van der Waals surface area contributed by atoms with Crippen LogP contribution in [0.3, 0.4) is 0 Å². The Labute approximate surface area is 199 Å². The largest absolute Gasteiger partial charge is 0.484 e. The number of nitrogens with one attached hydrogen (secondary N) is 1. The summed E-state index contributed by atoms with van der Waals surface area (Å²) < 4.78 is 32.3. The van der Waals surface area contributed by atoms with E-state index < -0.39 is 10.0 Å². The molecule has 0 radical (unpaired) electrons. The quantitative estimate of drug-likeness (QED) is 0.433. The van der Waals surface area contributed by atoms with E-state index in [1.807, 2.05) is 24.3 Å². The van der Waals surface area contributed by atoms with Crippen molar-refractivity contribution in [3.05, 3.63) is 71.6 Å². The molecule has 0 fully saturated rings. The van der Waals surface area contributed by atoms with Gasteiger partial charge < -0.3 is 10.1 Å². The molecule has 1 aromatic heterocycles. The lowest BCUT2D eigenvalue weighted by atomic mass is 10.2. The summed E-state index contributed by atoms with van der Waals surface area (Å²) in [6.45, 7) is 6.86. The van der Waals surface area contributed by atoms with Crippen LogP contribution in [0.2, 0.25) is 0 Å². The van der Waals surface area contributed by atoms with Crippen molar-refractivity contribution < 1.29 is 17.9 Å². The molecule has 3 aromatic rings. The van der Waals surface area contributed by atoms with Crippen LogP contribution in [0.25, 0.3) is 0 Å². The average Bonchev–Trinajstić information content (AvgIpc) is 3.37. The molecule has 0 saturated carbocycles. The number of rotatable bonds is 11. The Morgan fingerprint density at radius 3 is 2.39 bits per heavy atom. The first kappa shape index (κ1) is 24.8. The molecule has 176 valence electrons. The van der Waals surface area contributed by atoms with Crippen molar-refractivity contribution in [3.8, 4) is 5.75 Å². The van der Waals surface area contributed by atoms with E-state index in [1.54, 1.807) is 41.8 Å². The molecule has 3 rings (SSSR count). The number of sulfonamides is 1. The first-order valence-corrected chi connectivity index (χ1v) is 13.0. The van der Waals surface area contributed by atoms with Gasteiger partial charge in [-0.2, -0.15) is 0 Å². The Hall–Kier alpha value is -2.88. The van der Waals surface area contributed by atoms with Crippen LogP contribution in [-0.4, -0.2) is 46.0 Å². The minimum Gasteiger partial charge on any atom is -0.484 e. The number of hydrogen-bond donors (Lipinski definition) is 1. The van der Waals surface area contributed by atoms with E-state index in [9.17, 15) is 13.2 Å². The van der Waals surface area contributed by atoms with Crippen LogP contribution in [0, 0.1) is 0 Å². The van der Waals surface area contributed by atoms with E-state index in [0.717, 1.165) is 30.9 Å². The maximum Gasteiger partial charge on any atom is 0.273 e. The monoisotopic (exact) mass is 487 g/mol. The number of benzene rings is 2. The van der Waals surface area contributed by atoms with Gasteiger partial charge in [-0.3, -0.25) is 14.0 Å². The summed E-state index contributed by atoms with van der Waals surface area (Å²) in [6.07, 6.45) is 0. The summed E-state index contributed by atoms with van der Waals surface area (Å²) in [5.74, 6) is 0.211. The fourth-order valence-corrected chi connectivity index (χ4v) is 5.59. The van der Waals surface area contributed by atoms with Crippen molar-refractivity contribution in [2.45, 2.75) is 24.6 Å². The van der Waals surface area contributed by atoms with Crippen LogP contribution in [-0.2, 0) is 21.4 Å². The Morgan fingerprint density at radius 2 is 1.76 bits per heavy atom. The summed E-state index contributed by atoms with van der Waals surface area (Å²) >= 11 is 1.17. The summed E-state index contributed by atoms with van der Waals surface area (Å²) in [5, 5.41) is 4.58. The van der Waals surface area contributed by atoms with Gasteiger partial charge >= 0.3 is 0 Å². The molecule has 9 heteroatoms. The van der Waals surface area contributed by atoms with Gasteiger partial charge in [0.1, 0.15) is 9.96 Å². The van der Waals surface area contributed by atoms with Gasteiger partial charge in [0.2, 0.25) is 0 Å². The standard InChI is InChI=1S/C24H29N3O4S2/c1-4-27(5-2)17-19-8-6-9-20(16-19)25-23(28)18-31-22-13-11-21(12-14-22)26(3)33(29,30)24-10-7-15-32-24/h6-16H,4-5,17-18H2,1-3H3,(H,25,28). The van der Waals surface area contributed by atoms with Crippen molar-refractivity contribution in [1.29, 1.82) is 0 Å². The normalized spacial score (nSPS) is 11.4. The predicted octanol–water partition coefficient (Wildman–Crippen LogP) is 4.43. The molecule has 0 unspecified atom stereocenters. The second kappa shape index (κ2) is 11.3. The van der Waals surface area contributed by atoms with E-state index in [0.29, 0.717) is 11.4 Å². The predicted molar refractivity (Wildman–Crippen MR) is 134 cm³/mol. The molecule has 33 heavy (non-hydrogen) atoms. The van der Waals surface area contributed by atoms with Gasteiger partial charge in [0.25, 0.3) is 15.9 Å². The topological polar surface area (TPSA) is 79.0 Å². The molecule has 0 spiro atoms. The highest BCUT2D eigenvalue weighted by Gasteiger charge is 2.22. The molecule has 0 aliphatic rings. The van der Waals surface area contributed by atoms with Crippen molar-refractivity contribution in [1.82, 2.24) is 4.90 Å². The van der Waals surface area contributed by atoms with Gasteiger partial charge in [-0.15, -0.1) is 11.3 Å². The van der Waals surface area contributed by atoms with Crippen molar-refractivity contribution in [3.63, 3.8) is 0 Å². The van der Waals surface area contributed by atoms with Gasteiger partial charge in [-0.25, -0.2) is 8.42 Å². The molecule has 7 nitrogen and oxygen atoms in total. The van der Waals surface area contributed by atoms with Gasteiger partial charge in [-0.1, -0.05) is 32.0 Å². The fraction of sp³-hybridized carbons (Fsp3) is 0.292. The number of nitrogens with zero attached hydrogens (tertiary/aromatic N) is 2. The average molecular weight is 488 g/mol. The molecular formula is C24H29N3O4S2. The zero-order chi connectivity index (χ0) is 23.8. The molecule has 0 aliphatic carbocycles. The molecule has 2 aromatic carbocycles. The number of thiophene rings is 1. The zero-order valence-electron chi connectivity index (χ0n) is 19.0. The smallest absolute Gasteiger partial charge is 0.273 e. The molecule has 1 N–H and O–H groups in total. The Balaban J connectivity index is 1.55. The Bertz CT molecular complexity index is 1140. The second-order valence-corrected chi connectivity index (χ2v) is 10.5. The van der Waals surface area contributed by atoms with Crippen LogP contribution in [0.15, 0.2) is 70.3 Å². The van der Waals surface area contributed by atoms with Crippen molar-refractivity contribution in [2.24, 2.45) is 0 Å². The number of amides is 1. The van der Waals surface area contributed by atoms with E-state index in [1.165, 1.54) is 22.7 Å². The molecule has 0 atom stereocenters. The highest BCUT2D eigenvalue weighted by atomic mass is 32.2. The van der Waals surface area contributed by atoms with Crippen LogP contribution in [0.1, 0.15) is 19.4 Å². The summed E-state index contributed by atoms with van der Waals surface area (Å²) in [5.41, 5.74) is 2.36. The third-order valence-corrected chi connectivity index (χ3v) is 8.35. The lowest BCUT2D eigenvalue weighted by Gasteiger charge is -2.19. The maximum atomic E-state index is 12.6. The summed E-state index contributed by atoms with van der Waals surface area (Å²) in [6, 6.07) is 17.7. The lowest BCUT2D eigenvalue weighted by Crippen LogP contribution is -2.25. The number of anilines is 2.